The minimum absolute atomic E-state index is 0.845. The van der Waals surface area contributed by atoms with E-state index in [0.29, 0.717) is 0 Å². The highest BCUT2D eigenvalue weighted by atomic mass is 15.5. The molecule has 0 amide bonds. The number of para-hydroxylation sites is 1. The third-order valence-electron chi connectivity index (χ3n) is 3.33. The molecular formula is C18H24N4. The molecule has 22 heavy (non-hydrogen) atoms. The maximum absolute atomic E-state index is 4.43. The molecule has 0 aliphatic heterocycles. The van der Waals surface area contributed by atoms with E-state index in [9.17, 15) is 0 Å². The van der Waals surface area contributed by atoms with Gasteiger partial charge in [-0.3, -0.25) is 0 Å². The highest BCUT2D eigenvalue weighted by molar-refractivity contribution is 5.45. The lowest BCUT2D eigenvalue weighted by atomic mass is 10.2. The average molecular weight is 296 g/mol. The molecular weight excluding hydrogens is 272 g/mol. The highest BCUT2D eigenvalue weighted by Gasteiger charge is 2.05. The molecule has 4 heteroatoms. The molecule has 0 unspecified atom stereocenters. The minimum Gasteiger partial charge on any atom is -0.309 e. The SMILES string of the molecule is Cc1ccc(N=NN(CCCN(C)C)c2ccccc2)cc1. The molecule has 0 fully saturated rings. The summed E-state index contributed by atoms with van der Waals surface area (Å²) < 4.78 is 0. The van der Waals surface area contributed by atoms with Crippen molar-refractivity contribution < 1.29 is 0 Å². The summed E-state index contributed by atoms with van der Waals surface area (Å²) in [7, 11) is 4.17. The predicted octanol–water partition coefficient (Wildman–Crippen LogP) is 4.45. The number of hydrogen-bond acceptors (Lipinski definition) is 3. The molecule has 0 aromatic heterocycles. The molecule has 0 aliphatic rings. The standard InChI is InChI=1S/C18H24N4/c1-16-10-12-17(13-11-16)19-20-22(15-7-14-21(2)3)18-8-5-4-6-9-18/h4-6,8-13H,7,14-15H2,1-3H3. The predicted molar refractivity (Wildman–Crippen MR) is 92.7 cm³/mol. The number of aryl methyl sites for hydroxylation is 1. The van der Waals surface area contributed by atoms with Gasteiger partial charge in [0.2, 0.25) is 0 Å². The number of rotatable bonds is 7. The average Bonchev–Trinajstić information content (AvgIpc) is 2.53. The van der Waals surface area contributed by atoms with Crippen LogP contribution in [0.4, 0.5) is 11.4 Å². The number of hydrogen-bond donors (Lipinski definition) is 0. The minimum atomic E-state index is 0.845. The van der Waals surface area contributed by atoms with E-state index in [1.165, 1.54) is 5.56 Å². The Morgan fingerprint density at radius 1 is 0.864 bits per heavy atom. The lowest BCUT2D eigenvalue weighted by Crippen LogP contribution is -2.22. The monoisotopic (exact) mass is 296 g/mol. The second kappa shape index (κ2) is 8.29. The maximum atomic E-state index is 4.43. The summed E-state index contributed by atoms with van der Waals surface area (Å²) in [5, 5.41) is 10.8. The van der Waals surface area contributed by atoms with Crippen LogP contribution in [0.2, 0.25) is 0 Å². The van der Waals surface area contributed by atoms with Crippen LogP contribution in [0, 0.1) is 6.92 Å². The topological polar surface area (TPSA) is 31.2 Å². The first-order valence-corrected chi connectivity index (χ1v) is 7.61. The molecule has 0 atom stereocenters. The third-order valence-corrected chi connectivity index (χ3v) is 3.33. The van der Waals surface area contributed by atoms with Crippen LogP contribution in [0.15, 0.2) is 64.9 Å². The van der Waals surface area contributed by atoms with Gasteiger partial charge in [-0.25, -0.2) is 5.01 Å². The largest absolute Gasteiger partial charge is 0.309 e. The Bertz CT molecular complexity index is 576. The van der Waals surface area contributed by atoms with Crippen LogP contribution < -0.4 is 5.01 Å². The summed E-state index contributed by atoms with van der Waals surface area (Å²) in [4.78, 5) is 2.18. The van der Waals surface area contributed by atoms with Gasteiger partial charge < -0.3 is 4.90 Å². The van der Waals surface area contributed by atoms with Crippen LogP contribution in [-0.2, 0) is 0 Å². The van der Waals surface area contributed by atoms with Gasteiger partial charge >= 0.3 is 0 Å². The van der Waals surface area contributed by atoms with E-state index in [2.05, 4.69) is 48.4 Å². The Morgan fingerprint density at radius 2 is 1.55 bits per heavy atom. The Morgan fingerprint density at radius 3 is 2.18 bits per heavy atom. The quantitative estimate of drug-likeness (QED) is 0.558. The van der Waals surface area contributed by atoms with Crippen LogP contribution in [0.3, 0.4) is 0 Å². The molecule has 0 aliphatic carbocycles. The lowest BCUT2D eigenvalue weighted by Gasteiger charge is -2.19. The van der Waals surface area contributed by atoms with E-state index in [4.69, 9.17) is 0 Å². The van der Waals surface area contributed by atoms with E-state index >= 15 is 0 Å². The first-order valence-electron chi connectivity index (χ1n) is 7.61. The van der Waals surface area contributed by atoms with Crippen molar-refractivity contribution in [2.75, 3.05) is 32.2 Å². The molecule has 0 saturated carbocycles. The summed E-state index contributed by atoms with van der Waals surface area (Å²) in [5.41, 5.74) is 3.17. The van der Waals surface area contributed by atoms with Gasteiger partial charge in [-0.15, -0.1) is 5.11 Å². The fourth-order valence-electron chi connectivity index (χ4n) is 2.08. The van der Waals surface area contributed by atoms with Gasteiger partial charge in [-0.05, 0) is 58.3 Å². The van der Waals surface area contributed by atoms with Crippen LogP contribution in [0.5, 0.6) is 0 Å². The summed E-state index contributed by atoms with van der Waals surface area (Å²) in [6.45, 7) is 3.94. The molecule has 0 N–H and O–H groups in total. The maximum Gasteiger partial charge on any atom is 0.0874 e. The summed E-state index contributed by atoms with van der Waals surface area (Å²) in [6.07, 6.45) is 1.04. The summed E-state index contributed by atoms with van der Waals surface area (Å²) >= 11 is 0. The van der Waals surface area contributed by atoms with Crippen LogP contribution in [-0.4, -0.2) is 32.1 Å². The van der Waals surface area contributed by atoms with Crippen molar-refractivity contribution >= 4 is 11.4 Å². The van der Waals surface area contributed by atoms with Crippen LogP contribution >= 0.6 is 0 Å². The zero-order valence-corrected chi connectivity index (χ0v) is 13.6. The molecule has 2 aromatic rings. The van der Waals surface area contributed by atoms with E-state index < -0.39 is 0 Å². The first-order chi connectivity index (χ1) is 10.6. The van der Waals surface area contributed by atoms with Gasteiger partial charge in [0.15, 0.2) is 0 Å². The molecule has 0 spiro atoms. The summed E-state index contributed by atoms with van der Waals surface area (Å²) in [5.74, 6) is 0. The van der Waals surface area contributed by atoms with Gasteiger partial charge in [0.05, 0.1) is 11.4 Å². The molecule has 4 nitrogen and oxygen atoms in total. The van der Waals surface area contributed by atoms with Crippen molar-refractivity contribution in [3.8, 4) is 0 Å². The van der Waals surface area contributed by atoms with Crippen molar-refractivity contribution in [2.45, 2.75) is 13.3 Å². The molecule has 0 saturated heterocycles. The van der Waals surface area contributed by atoms with Gasteiger partial charge in [0, 0.05) is 6.54 Å². The second-order valence-corrected chi connectivity index (χ2v) is 5.64. The van der Waals surface area contributed by atoms with E-state index in [0.717, 1.165) is 30.9 Å². The Labute approximate surface area is 133 Å². The number of anilines is 1. The van der Waals surface area contributed by atoms with Crippen LogP contribution in [0.25, 0.3) is 0 Å². The molecule has 0 bridgehead atoms. The Kier molecular flexibility index (Phi) is 6.10. The van der Waals surface area contributed by atoms with Crippen molar-refractivity contribution in [2.24, 2.45) is 10.3 Å². The smallest absolute Gasteiger partial charge is 0.0874 e. The van der Waals surface area contributed by atoms with Crippen molar-refractivity contribution in [1.82, 2.24) is 4.90 Å². The van der Waals surface area contributed by atoms with Gasteiger partial charge in [-0.2, -0.15) is 0 Å². The molecule has 0 heterocycles. The van der Waals surface area contributed by atoms with E-state index in [1.807, 2.05) is 47.5 Å². The fourth-order valence-corrected chi connectivity index (χ4v) is 2.08. The molecule has 2 aromatic carbocycles. The van der Waals surface area contributed by atoms with Gasteiger partial charge in [0.1, 0.15) is 0 Å². The highest BCUT2D eigenvalue weighted by Crippen LogP contribution is 2.18. The van der Waals surface area contributed by atoms with Gasteiger partial charge in [-0.1, -0.05) is 41.1 Å². The third kappa shape index (κ3) is 5.30. The molecule has 0 radical (unpaired) electrons. The number of nitrogens with zero attached hydrogens (tertiary/aromatic N) is 4. The Balaban J connectivity index is 2.08. The second-order valence-electron chi connectivity index (χ2n) is 5.64. The van der Waals surface area contributed by atoms with Crippen LogP contribution in [0.1, 0.15) is 12.0 Å². The van der Waals surface area contributed by atoms with Crippen molar-refractivity contribution in [3.05, 3.63) is 60.2 Å². The lowest BCUT2D eigenvalue weighted by molar-refractivity contribution is 0.400. The summed E-state index contributed by atoms with van der Waals surface area (Å²) in [6, 6.07) is 18.3. The molecule has 116 valence electrons. The first kappa shape index (κ1) is 16.2. The normalized spacial score (nSPS) is 11.3. The zero-order valence-electron chi connectivity index (χ0n) is 13.6. The molecule has 2 rings (SSSR count). The zero-order chi connectivity index (χ0) is 15.8. The Hall–Kier alpha value is -2.20. The van der Waals surface area contributed by atoms with Gasteiger partial charge in [0.25, 0.3) is 0 Å². The van der Waals surface area contributed by atoms with Crippen molar-refractivity contribution in [3.63, 3.8) is 0 Å². The fraction of sp³-hybridized carbons (Fsp3) is 0.333. The number of benzene rings is 2. The van der Waals surface area contributed by atoms with E-state index in [-0.39, 0.29) is 0 Å². The van der Waals surface area contributed by atoms with E-state index in [1.54, 1.807) is 0 Å². The van der Waals surface area contributed by atoms with Crippen molar-refractivity contribution in [1.29, 1.82) is 0 Å².